The summed E-state index contributed by atoms with van der Waals surface area (Å²) >= 11 is 0. The number of nitrogens with one attached hydrogen (secondary N) is 1. The maximum absolute atomic E-state index is 12.3. The lowest BCUT2D eigenvalue weighted by molar-refractivity contribution is 0.0955. The third kappa shape index (κ3) is 7.16. The van der Waals surface area contributed by atoms with Gasteiger partial charge in [0.15, 0.2) is 0 Å². The summed E-state index contributed by atoms with van der Waals surface area (Å²) in [5.74, 6) is 2.00. The summed E-state index contributed by atoms with van der Waals surface area (Å²) in [6, 6.07) is 22.2. The van der Waals surface area contributed by atoms with Crippen molar-refractivity contribution in [2.24, 2.45) is 5.10 Å². The van der Waals surface area contributed by atoms with E-state index in [0.717, 1.165) is 35.5 Å². The summed E-state index contributed by atoms with van der Waals surface area (Å²) < 4.78 is 16.6. The topological polar surface area (TPSA) is 69.2 Å². The van der Waals surface area contributed by atoms with Crippen molar-refractivity contribution in [3.05, 3.63) is 89.5 Å². The van der Waals surface area contributed by atoms with Crippen molar-refractivity contribution in [3.63, 3.8) is 0 Å². The Morgan fingerprint density at radius 3 is 2.38 bits per heavy atom. The van der Waals surface area contributed by atoms with E-state index >= 15 is 0 Å². The van der Waals surface area contributed by atoms with Crippen LogP contribution in [0.5, 0.6) is 17.2 Å². The average Bonchev–Trinajstić information content (AvgIpc) is 2.84. The number of methoxy groups -OCH3 is 1. The van der Waals surface area contributed by atoms with Crippen LogP contribution in [0.4, 0.5) is 0 Å². The molecule has 0 bridgehead atoms. The quantitative estimate of drug-likeness (QED) is 0.256. The van der Waals surface area contributed by atoms with Gasteiger partial charge < -0.3 is 14.2 Å². The van der Waals surface area contributed by atoms with Crippen molar-refractivity contribution < 1.29 is 19.0 Å². The number of benzene rings is 3. The van der Waals surface area contributed by atoms with Crippen molar-refractivity contribution in [2.45, 2.75) is 26.4 Å². The molecule has 3 rings (SSSR count). The molecule has 0 fully saturated rings. The summed E-state index contributed by atoms with van der Waals surface area (Å²) in [7, 11) is 1.63. The molecule has 32 heavy (non-hydrogen) atoms. The maximum Gasteiger partial charge on any atom is 0.271 e. The number of hydrogen-bond donors (Lipinski definition) is 1. The highest BCUT2D eigenvalue weighted by molar-refractivity contribution is 5.95. The smallest absolute Gasteiger partial charge is 0.271 e. The molecule has 3 aromatic carbocycles. The molecule has 0 aromatic heterocycles. The van der Waals surface area contributed by atoms with Crippen LogP contribution in [0.25, 0.3) is 0 Å². The van der Waals surface area contributed by atoms with Crippen molar-refractivity contribution in [1.29, 1.82) is 0 Å². The molecule has 0 heterocycles. The largest absolute Gasteiger partial charge is 0.497 e. The van der Waals surface area contributed by atoms with Crippen LogP contribution in [-0.4, -0.2) is 25.8 Å². The van der Waals surface area contributed by atoms with Crippen LogP contribution in [0.1, 0.15) is 41.3 Å². The fraction of sp³-hybridized carbons (Fsp3) is 0.231. The van der Waals surface area contributed by atoms with E-state index in [1.54, 1.807) is 37.6 Å². The van der Waals surface area contributed by atoms with Gasteiger partial charge in [-0.2, -0.15) is 5.10 Å². The lowest BCUT2D eigenvalue weighted by atomic mass is 10.2. The van der Waals surface area contributed by atoms with Gasteiger partial charge in [-0.25, -0.2) is 5.43 Å². The Morgan fingerprint density at radius 1 is 0.938 bits per heavy atom. The predicted octanol–water partition coefficient (Wildman–Crippen LogP) is 5.22. The fourth-order valence-corrected chi connectivity index (χ4v) is 2.85. The minimum Gasteiger partial charge on any atom is -0.497 e. The van der Waals surface area contributed by atoms with Gasteiger partial charge in [0.1, 0.15) is 23.9 Å². The number of hydrogen-bond acceptors (Lipinski definition) is 5. The monoisotopic (exact) mass is 432 g/mol. The fourth-order valence-electron chi connectivity index (χ4n) is 2.85. The third-order valence-electron chi connectivity index (χ3n) is 4.68. The summed E-state index contributed by atoms with van der Waals surface area (Å²) in [6.07, 6.45) is 3.73. The van der Waals surface area contributed by atoms with Gasteiger partial charge in [0.25, 0.3) is 5.91 Å². The van der Waals surface area contributed by atoms with E-state index in [9.17, 15) is 4.79 Å². The molecule has 0 atom stereocenters. The van der Waals surface area contributed by atoms with Crippen molar-refractivity contribution >= 4 is 12.1 Å². The van der Waals surface area contributed by atoms with Crippen LogP contribution in [0.2, 0.25) is 0 Å². The highest BCUT2D eigenvalue weighted by Crippen LogP contribution is 2.17. The Labute approximate surface area is 188 Å². The summed E-state index contributed by atoms with van der Waals surface area (Å²) in [6.45, 7) is 3.25. The van der Waals surface area contributed by atoms with E-state index < -0.39 is 0 Å². The second-order valence-corrected chi connectivity index (χ2v) is 7.13. The van der Waals surface area contributed by atoms with Gasteiger partial charge in [-0.05, 0) is 78.2 Å². The van der Waals surface area contributed by atoms with Crippen molar-refractivity contribution in [2.75, 3.05) is 13.7 Å². The first-order chi connectivity index (χ1) is 15.7. The number of carbonyl (C=O) groups is 1. The highest BCUT2D eigenvalue weighted by atomic mass is 16.5. The van der Waals surface area contributed by atoms with Crippen LogP contribution in [0.3, 0.4) is 0 Å². The Balaban J connectivity index is 1.46. The van der Waals surface area contributed by atoms with Crippen molar-refractivity contribution in [3.8, 4) is 17.2 Å². The van der Waals surface area contributed by atoms with E-state index in [0.29, 0.717) is 24.5 Å². The number of hydrazone groups is 1. The van der Waals surface area contributed by atoms with Gasteiger partial charge in [-0.1, -0.05) is 25.5 Å². The molecule has 1 N–H and O–H groups in total. The summed E-state index contributed by atoms with van der Waals surface area (Å²) in [5.41, 5.74) is 4.91. The number of unbranched alkanes of at least 4 members (excludes halogenated alkanes) is 1. The second-order valence-electron chi connectivity index (χ2n) is 7.13. The van der Waals surface area contributed by atoms with Gasteiger partial charge >= 0.3 is 0 Å². The summed E-state index contributed by atoms with van der Waals surface area (Å²) in [5, 5.41) is 4.03. The van der Waals surface area contributed by atoms with Crippen LogP contribution in [0, 0.1) is 0 Å². The molecule has 6 nitrogen and oxygen atoms in total. The maximum atomic E-state index is 12.3. The molecular weight excluding hydrogens is 404 g/mol. The van der Waals surface area contributed by atoms with E-state index in [1.807, 2.05) is 48.5 Å². The average molecular weight is 433 g/mol. The molecule has 6 heteroatoms. The van der Waals surface area contributed by atoms with E-state index in [2.05, 4.69) is 17.5 Å². The Hall–Kier alpha value is -3.80. The molecule has 3 aromatic rings. The van der Waals surface area contributed by atoms with Crippen LogP contribution < -0.4 is 19.6 Å². The van der Waals surface area contributed by atoms with Gasteiger partial charge in [0, 0.05) is 5.56 Å². The second kappa shape index (κ2) is 12.2. The number of ether oxygens (including phenoxy) is 3. The lowest BCUT2D eigenvalue weighted by Crippen LogP contribution is -2.17. The van der Waals surface area contributed by atoms with Gasteiger partial charge in [-0.3, -0.25) is 4.79 Å². The number of carbonyl (C=O) groups excluding carboxylic acids is 1. The zero-order valence-corrected chi connectivity index (χ0v) is 18.4. The van der Waals surface area contributed by atoms with Crippen LogP contribution in [0.15, 0.2) is 77.9 Å². The zero-order chi connectivity index (χ0) is 22.6. The number of nitrogens with zero attached hydrogens (tertiary/aromatic N) is 1. The first-order valence-corrected chi connectivity index (χ1v) is 10.6. The molecule has 0 radical (unpaired) electrons. The molecule has 0 saturated carbocycles. The molecule has 0 saturated heterocycles. The summed E-state index contributed by atoms with van der Waals surface area (Å²) in [4.78, 5) is 12.3. The number of amides is 1. The van der Waals surface area contributed by atoms with E-state index in [1.165, 1.54) is 0 Å². The van der Waals surface area contributed by atoms with Crippen molar-refractivity contribution in [1.82, 2.24) is 5.43 Å². The van der Waals surface area contributed by atoms with Crippen LogP contribution in [-0.2, 0) is 6.61 Å². The molecule has 0 aliphatic rings. The SMILES string of the molecule is CCCCOc1ccc(/C=N/NC(=O)c2ccc(OCc3cccc(OC)c3)cc2)cc1. The number of rotatable bonds is 11. The zero-order valence-electron chi connectivity index (χ0n) is 18.4. The normalized spacial score (nSPS) is 10.7. The highest BCUT2D eigenvalue weighted by Gasteiger charge is 2.05. The Kier molecular flexibility index (Phi) is 8.69. The Bertz CT molecular complexity index is 1010. The molecule has 0 unspecified atom stereocenters. The first-order valence-electron chi connectivity index (χ1n) is 10.6. The van der Waals surface area contributed by atoms with Crippen LogP contribution >= 0.6 is 0 Å². The Morgan fingerprint density at radius 2 is 1.66 bits per heavy atom. The third-order valence-corrected chi connectivity index (χ3v) is 4.68. The standard InChI is InChI=1S/C26H28N2O4/c1-3-4-16-31-23-12-8-20(9-13-23)18-27-28-26(29)22-10-14-24(15-11-22)32-19-21-6-5-7-25(17-21)30-2/h5-15,17-18H,3-4,16,19H2,1-2H3,(H,28,29)/b27-18+. The molecule has 166 valence electrons. The molecule has 0 aliphatic heterocycles. The van der Waals surface area contributed by atoms with Gasteiger partial charge in [-0.15, -0.1) is 0 Å². The lowest BCUT2D eigenvalue weighted by Gasteiger charge is -2.08. The molecule has 0 spiro atoms. The van der Waals surface area contributed by atoms with Gasteiger partial charge in [0.2, 0.25) is 0 Å². The predicted molar refractivity (Wildman–Crippen MR) is 126 cm³/mol. The molecular formula is C26H28N2O4. The first kappa shape index (κ1) is 22.9. The molecule has 1 amide bonds. The molecule has 0 aliphatic carbocycles. The van der Waals surface area contributed by atoms with E-state index in [-0.39, 0.29) is 5.91 Å². The minimum absolute atomic E-state index is 0.292. The minimum atomic E-state index is -0.292. The van der Waals surface area contributed by atoms with Gasteiger partial charge in [0.05, 0.1) is 19.9 Å². The van der Waals surface area contributed by atoms with E-state index in [4.69, 9.17) is 14.2 Å².